The molecule has 0 amide bonds. The molecule has 2 atom stereocenters. The number of phosphoric acid groups is 1. The maximum absolute atomic E-state index is 12.8. The SMILES string of the molecule is CC/C=C\C/C=C\C/C=C\C/C=C\C/C=C\CCCCCCCCCCCCCCCCCCCCCCCCCCCC(=O)OC(COC(=O)CCCCCCC/C=C\CCCCCCCC)COP(=O)(O)OCC[N+](C)(C)C. The van der Waals surface area contributed by atoms with Crippen LogP contribution in [0.4, 0.5) is 0 Å². The smallest absolute Gasteiger partial charge is 0.462 e. The fourth-order valence-corrected chi connectivity index (χ4v) is 10.3. The summed E-state index contributed by atoms with van der Waals surface area (Å²) >= 11 is 0. The topological polar surface area (TPSA) is 108 Å². The zero-order chi connectivity index (χ0) is 58.4. The third-order valence-electron chi connectivity index (χ3n) is 14.7. The van der Waals surface area contributed by atoms with E-state index >= 15 is 0 Å². The summed E-state index contributed by atoms with van der Waals surface area (Å²) in [5, 5.41) is 0. The highest BCUT2D eigenvalue weighted by Crippen LogP contribution is 2.43. The lowest BCUT2D eigenvalue weighted by molar-refractivity contribution is -0.870. The molecule has 0 aliphatic heterocycles. The van der Waals surface area contributed by atoms with Crippen LogP contribution in [0.1, 0.15) is 309 Å². The van der Waals surface area contributed by atoms with E-state index in [1.165, 1.54) is 193 Å². The van der Waals surface area contributed by atoms with E-state index in [1.807, 2.05) is 21.1 Å². The maximum atomic E-state index is 12.8. The van der Waals surface area contributed by atoms with Crippen molar-refractivity contribution in [1.29, 1.82) is 0 Å². The van der Waals surface area contributed by atoms with Gasteiger partial charge in [0.1, 0.15) is 19.8 Å². The predicted molar refractivity (Wildman–Crippen MR) is 344 cm³/mol. The summed E-state index contributed by atoms with van der Waals surface area (Å²) in [7, 11) is 1.48. The Kier molecular flexibility index (Phi) is 59.1. The highest BCUT2D eigenvalue weighted by molar-refractivity contribution is 7.47. The molecule has 0 radical (unpaired) electrons. The first-order valence-electron chi connectivity index (χ1n) is 33.7. The molecule has 1 N–H and O–H groups in total. The fraction of sp³-hybridized carbons (Fsp3) is 0.800. The van der Waals surface area contributed by atoms with Gasteiger partial charge in [0.05, 0.1) is 27.7 Å². The minimum atomic E-state index is -4.39. The van der Waals surface area contributed by atoms with Gasteiger partial charge in [-0.25, -0.2) is 4.57 Å². The number of allylic oxidation sites excluding steroid dienone is 12. The van der Waals surface area contributed by atoms with Crippen molar-refractivity contribution in [2.24, 2.45) is 0 Å². The Labute approximate surface area is 495 Å². The van der Waals surface area contributed by atoms with Gasteiger partial charge in [-0.15, -0.1) is 0 Å². The van der Waals surface area contributed by atoms with Crippen molar-refractivity contribution >= 4 is 19.8 Å². The molecule has 10 heteroatoms. The summed E-state index contributed by atoms with van der Waals surface area (Å²) in [6.45, 7) is 4.34. The standard InChI is InChI=1S/C70H128NO8P/c1-6-8-10-12-14-16-18-20-22-23-24-25-26-27-28-29-30-31-32-33-34-35-36-37-38-39-40-41-42-43-44-45-46-47-49-51-53-55-57-59-61-63-70(73)79-68(67-78-80(74,75)77-65-64-71(3,4)5)66-76-69(72)62-60-58-56-54-52-50-48-21-19-17-15-13-11-9-7-2/h8,10,14,16,20-22,24-25,27-28,48,68H,6-7,9,11-13,15,17-19,23,26,29-47,49-67H2,1-5H3/p+1/b10-8-,16-14-,22-20-,25-24-,28-27-,48-21-. The molecule has 0 heterocycles. The van der Waals surface area contributed by atoms with E-state index in [4.69, 9.17) is 18.5 Å². The Balaban J connectivity index is 3.88. The van der Waals surface area contributed by atoms with Gasteiger partial charge in [0.2, 0.25) is 0 Å². The van der Waals surface area contributed by atoms with Crippen molar-refractivity contribution in [3.63, 3.8) is 0 Å². The van der Waals surface area contributed by atoms with Gasteiger partial charge in [-0.05, 0) is 83.5 Å². The normalized spacial score (nSPS) is 13.6. The number of carbonyl (C=O) groups is 2. The highest BCUT2D eigenvalue weighted by atomic mass is 31.2. The second-order valence-corrected chi connectivity index (χ2v) is 25.3. The van der Waals surface area contributed by atoms with Crippen molar-refractivity contribution < 1.29 is 42.1 Å². The van der Waals surface area contributed by atoms with Gasteiger partial charge < -0.3 is 18.9 Å². The largest absolute Gasteiger partial charge is 0.472 e. The second-order valence-electron chi connectivity index (χ2n) is 23.8. The lowest BCUT2D eigenvalue weighted by atomic mass is 10.0. The molecule has 80 heavy (non-hydrogen) atoms. The number of phosphoric ester groups is 1. The van der Waals surface area contributed by atoms with Crippen LogP contribution in [0.5, 0.6) is 0 Å². The number of carbonyl (C=O) groups excluding carboxylic acids is 2. The van der Waals surface area contributed by atoms with E-state index in [9.17, 15) is 19.0 Å². The van der Waals surface area contributed by atoms with Gasteiger partial charge in [0, 0.05) is 12.8 Å². The van der Waals surface area contributed by atoms with Gasteiger partial charge in [-0.3, -0.25) is 18.6 Å². The van der Waals surface area contributed by atoms with Crippen molar-refractivity contribution in [3.8, 4) is 0 Å². The number of unbranched alkanes of at least 4 members (excludes halogenated alkanes) is 36. The van der Waals surface area contributed by atoms with E-state index in [0.717, 1.165) is 83.5 Å². The first-order chi connectivity index (χ1) is 39.0. The van der Waals surface area contributed by atoms with Crippen LogP contribution >= 0.6 is 7.82 Å². The Bertz CT molecular complexity index is 1580. The molecule has 0 aromatic carbocycles. The van der Waals surface area contributed by atoms with E-state index < -0.39 is 26.5 Å². The third kappa shape index (κ3) is 64.6. The molecule has 2 unspecified atom stereocenters. The molecular formula is C70H129NO8P+. The molecule has 0 rings (SSSR count). The van der Waals surface area contributed by atoms with Gasteiger partial charge in [0.25, 0.3) is 0 Å². The van der Waals surface area contributed by atoms with Crippen LogP contribution in [0.2, 0.25) is 0 Å². The lowest BCUT2D eigenvalue weighted by Gasteiger charge is -2.24. The number of hydrogen-bond donors (Lipinski definition) is 1. The average molecular weight is 1140 g/mol. The first kappa shape index (κ1) is 77.5. The van der Waals surface area contributed by atoms with Crippen LogP contribution in [0.25, 0.3) is 0 Å². The summed E-state index contributed by atoms with van der Waals surface area (Å²) < 4.78 is 34.6. The number of esters is 2. The molecular weight excluding hydrogens is 1010 g/mol. The van der Waals surface area contributed by atoms with E-state index in [2.05, 4.69) is 86.8 Å². The van der Waals surface area contributed by atoms with Gasteiger partial charge in [-0.1, -0.05) is 286 Å². The van der Waals surface area contributed by atoms with Crippen molar-refractivity contribution in [3.05, 3.63) is 72.9 Å². The third-order valence-corrected chi connectivity index (χ3v) is 15.7. The second kappa shape index (κ2) is 61.0. The molecule has 0 bridgehead atoms. The van der Waals surface area contributed by atoms with Crippen LogP contribution in [0.3, 0.4) is 0 Å². The average Bonchev–Trinajstić information content (AvgIpc) is 3.42. The van der Waals surface area contributed by atoms with Gasteiger partial charge in [-0.2, -0.15) is 0 Å². The van der Waals surface area contributed by atoms with Crippen LogP contribution in [0, 0.1) is 0 Å². The van der Waals surface area contributed by atoms with E-state index in [-0.39, 0.29) is 32.0 Å². The Hall–Kier alpha value is -2.55. The molecule has 0 saturated heterocycles. The lowest BCUT2D eigenvalue weighted by Crippen LogP contribution is -2.37. The Morgan fingerprint density at radius 1 is 0.400 bits per heavy atom. The summed E-state index contributed by atoms with van der Waals surface area (Å²) in [6, 6.07) is 0. The minimum absolute atomic E-state index is 0.0314. The van der Waals surface area contributed by atoms with Gasteiger partial charge >= 0.3 is 19.8 Å². The number of quaternary nitrogens is 1. The molecule has 9 nitrogen and oxygen atoms in total. The quantitative estimate of drug-likeness (QED) is 0.0211. The van der Waals surface area contributed by atoms with E-state index in [1.54, 1.807) is 0 Å². The van der Waals surface area contributed by atoms with Crippen molar-refractivity contribution in [1.82, 2.24) is 0 Å². The van der Waals surface area contributed by atoms with E-state index in [0.29, 0.717) is 17.4 Å². The minimum Gasteiger partial charge on any atom is -0.462 e. The number of nitrogens with zero attached hydrogens (tertiary/aromatic N) is 1. The molecule has 0 spiro atoms. The molecule has 0 fully saturated rings. The predicted octanol–water partition coefficient (Wildman–Crippen LogP) is 21.6. The fourth-order valence-electron chi connectivity index (χ4n) is 9.57. The van der Waals surface area contributed by atoms with Crippen molar-refractivity contribution in [2.45, 2.75) is 315 Å². The number of ether oxygens (including phenoxy) is 2. The summed E-state index contributed by atoms with van der Waals surface area (Å²) in [4.78, 5) is 35.7. The van der Waals surface area contributed by atoms with Crippen LogP contribution < -0.4 is 0 Å². The van der Waals surface area contributed by atoms with Crippen LogP contribution in [-0.2, 0) is 32.7 Å². The first-order valence-corrected chi connectivity index (χ1v) is 35.2. The van der Waals surface area contributed by atoms with Crippen LogP contribution in [0.15, 0.2) is 72.9 Å². The highest BCUT2D eigenvalue weighted by Gasteiger charge is 2.27. The molecule has 0 saturated carbocycles. The summed E-state index contributed by atoms with van der Waals surface area (Å²) in [5.41, 5.74) is 0. The number of likely N-dealkylation sites (N-methyl/N-ethyl adjacent to an activating group) is 1. The van der Waals surface area contributed by atoms with Crippen LogP contribution in [-0.4, -0.2) is 74.9 Å². The Morgan fingerprint density at radius 2 is 0.713 bits per heavy atom. The number of hydrogen-bond acceptors (Lipinski definition) is 7. The van der Waals surface area contributed by atoms with Gasteiger partial charge in [0.15, 0.2) is 6.10 Å². The zero-order valence-corrected chi connectivity index (χ0v) is 54.0. The molecule has 466 valence electrons. The summed E-state index contributed by atoms with van der Waals surface area (Å²) in [5.74, 6) is -0.795. The molecule has 0 aromatic heterocycles. The number of rotatable bonds is 62. The van der Waals surface area contributed by atoms with Crippen molar-refractivity contribution in [2.75, 3.05) is 47.5 Å². The molecule has 0 aromatic rings. The molecule has 0 aliphatic carbocycles. The Morgan fingerprint density at radius 3 is 1.07 bits per heavy atom. The molecule has 0 aliphatic rings. The summed E-state index contributed by atoms with van der Waals surface area (Å²) in [6.07, 6.45) is 81.6. The maximum Gasteiger partial charge on any atom is 0.472 e. The zero-order valence-electron chi connectivity index (χ0n) is 53.1. The monoisotopic (exact) mass is 1140 g/mol.